The first-order valence-corrected chi connectivity index (χ1v) is 6.49. The molecule has 2 N–H and O–H groups in total. The van der Waals surface area contributed by atoms with Crippen LogP contribution in [0.3, 0.4) is 0 Å². The summed E-state index contributed by atoms with van der Waals surface area (Å²) < 4.78 is 0. The van der Waals surface area contributed by atoms with Gasteiger partial charge in [0.1, 0.15) is 0 Å². The standard InChI is InChI=1S/C14H20N2O2/c1-2-13(11-6-4-3-5-7-11)15-14(18)16-9-8-12(17)10-16/h3-7,12-13,17H,2,8-10H2,1H3,(H,15,18). The molecule has 0 bridgehead atoms. The molecule has 1 aromatic carbocycles. The van der Waals surface area contributed by atoms with Gasteiger partial charge >= 0.3 is 6.03 Å². The molecular weight excluding hydrogens is 228 g/mol. The minimum absolute atomic E-state index is 0.0384. The highest BCUT2D eigenvalue weighted by Crippen LogP contribution is 2.17. The van der Waals surface area contributed by atoms with E-state index in [2.05, 4.69) is 12.2 Å². The third-order valence-corrected chi connectivity index (χ3v) is 3.36. The number of aliphatic hydroxyl groups is 1. The van der Waals surface area contributed by atoms with Crippen LogP contribution >= 0.6 is 0 Å². The average molecular weight is 248 g/mol. The molecule has 98 valence electrons. The van der Waals surface area contributed by atoms with E-state index >= 15 is 0 Å². The number of likely N-dealkylation sites (tertiary alicyclic amines) is 1. The molecule has 1 saturated heterocycles. The predicted molar refractivity (Wildman–Crippen MR) is 70.2 cm³/mol. The van der Waals surface area contributed by atoms with Gasteiger partial charge in [0, 0.05) is 13.1 Å². The number of hydrogen-bond acceptors (Lipinski definition) is 2. The van der Waals surface area contributed by atoms with Crippen LogP contribution in [0.4, 0.5) is 4.79 Å². The monoisotopic (exact) mass is 248 g/mol. The SMILES string of the molecule is CCC(NC(=O)N1CCC(O)C1)c1ccccc1. The average Bonchev–Trinajstić information content (AvgIpc) is 2.83. The number of carbonyl (C=O) groups is 1. The summed E-state index contributed by atoms with van der Waals surface area (Å²) in [7, 11) is 0. The van der Waals surface area contributed by atoms with E-state index < -0.39 is 0 Å². The van der Waals surface area contributed by atoms with Gasteiger partial charge in [0.2, 0.25) is 0 Å². The third-order valence-electron chi connectivity index (χ3n) is 3.36. The van der Waals surface area contributed by atoms with Crippen LogP contribution in [0.5, 0.6) is 0 Å². The topological polar surface area (TPSA) is 52.6 Å². The Hall–Kier alpha value is -1.55. The Bertz CT molecular complexity index is 394. The fourth-order valence-corrected chi connectivity index (χ4v) is 2.27. The lowest BCUT2D eigenvalue weighted by molar-refractivity contribution is 0.170. The molecule has 2 unspecified atom stereocenters. The molecule has 1 heterocycles. The summed E-state index contributed by atoms with van der Waals surface area (Å²) in [6.07, 6.45) is 1.16. The Morgan fingerprint density at radius 2 is 2.22 bits per heavy atom. The molecule has 2 rings (SSSR count). The predicted octanol–water partition coefficient (Wildman–Crippen LogP) is 1.91. The van der Waals surface area contributed by atoms with Crippen LogP contribution in [-0.2, 0) is 0 Å². The number of hydrogen-bond donors (Lipinski definition) is 2. The molecule has 2 atom stereocenters. The number of aliphatic hydroxyl groups excluding tert-OH is 1. The molecular formula is C14H20N2O2. The van der Waals surface area contributed by atoms with Gasteiger partial charge in [0.05, 0.1) is 12.1 Å². The maximum Gasteiger partial charge on any atom is 0.317 e. The molecule has 1 fully saturated rings. The molecule has 2 amide bonds. The van der Waals surface area contributed by atoms with Crippen LogP contribution in [0.2, 0.25) is 0 Å². The largest absolute Gasteiger partial charge is 0.391 e. The number of carbonyl (C=O) groups excluding carboxylic acids is 1. The Labute approximate surface area is 108 Å². The van der Waals surface area contributed by atoms with Gasteiger partial charge in [-0.1, -0.05) is 37.3 Å². The van der Waals surface area contributed by atoms with Crippen LogP contribution in [0.1, 0.15) is 31.4 Å². The molecule has 0 saturated carbocycles. The molecule has 4 heteroatoms. The molecule has 1 aromatic rings. The summed E-state index contributed by atoms with van der Waals surface area (Å²) in [6, 6.07) is 9.92. The molecule has 0 radical (unpaired) electrons. The van der Waals surface area contributed by atoms with E-state index in [1.807, 2.05) is 30.3 Å². The summed E-state index contributed by atoms with van der Waals surface area (Å²) in [4.78, 5) is 13.7. The molecule has 0 aromatic heterocycles. The van der Waals surface area contributed by atoms with Crippen LogP contribution in [0, 0.1) is 0 Å². The second-order valence-electron chi connectivity index (χ2n) is 4.71. The number of rotatable bonds is 3. The van der Waals surface area contributed by atoms with Crippen molar-refractivity contribution < 1.29 is 9.90 Å². The van der Waals surface area contributed by atoms with Crippen LogP contribution in [0.25, 0.3) is 0 Å². The van der Waals surface area contributed by atoms with Crippen LogP contribution in [0.15, 0.2) is 30.3 Å². The van der Waals surface area contributed by atoms with E-state index in [1.165, 1.54) is 0 Å². The third kappa shape index (κ3) is 3.01. The number of β-amino-alcohol motifs (C(OH)–C–C–N with tert-alkyl or cyclic N) is 1. The molecule has 1 aliphatic heterocycles. The lowest BCUT2D eigenvalue weighted by atomic mass is 10.1. The van der Waals surface area contributed by atoms with Gasteiger partial charge in [-0.25, -0.2) is 4.79 Å². The van der Waals surface area contributed by atoms with Crippen LogP contribution < -0.4 is 5.32 Å². The minimum Gasteiger partial charge on any atom is -0.391 e. The van der Waals surface area contributed by atoms with Crippen molar-refractivity contribution in [3.05, 3.63) is 35.9 Å². The van der Waals surface area contributed by atoms with E-state index in [0.717, 1.165) is 12.0 Å². The number of nitrogens with zero attached hydrogens (tertiary/aromatic N) is 1. The van der Waals surface area contributed by atoms with Crippen molar-refractivity contribution in [1.82, 2.24) is 10.2 Å². The summed E-state index contributed by atoms with van der Waals surface area (Å²) in [5.41, 5.74) is 1.12. The number of urea groups is 1. The van der Waals surface area contributed by atoms with E-state index in [4.69, 9.17) is 0 Å². The maximum atomic E-state index is 12.0. The Balaban J connectivity index is 1.96. The fourth-order valence-electron chi connectivity index (χ4n) is 2.27. The second-order valence-corrected chi connectivity index (χ2v) is 4.71. The van der Waals surface area contributed by atoms with Crippen LogP contribution in [-0.4, -0.2) is 35.2 Å². The summed E-state index contributed by atoms with van der Waals surface area (Å²) in [5.74, 6) is 0. The van der Waals surface area contributed by atoms with Gasteiger partial charge < -0.3 is 15.3 Å². The first-order chi connectivity index (χ1) is 8.70. The zero-order valence-electron chi connectivity index (χ0n) is 10.7. The van der Waals surface area contributed by atoms with E-state index in [9.17, 15) is 9.90 Å². The van der Waals surface area contributed by atoms with E-state index in [0.29, 0.717) is 19.5 Å². The lowest BCUT2D eigenvalue weighted by Crippen LogP contribution is -2.40. The van der Waals surface area contributed by atoms with E-state index in [-0.39, 0.29) is 18.2 Å². The Kier molecular flexibility index (Phi) is 4.20. The van der Waals surface area contributed by atoms with Crippen molar-refractivity contribution in [3.8, 4) is 0 Å². The van der Waals surface area contributed by atoms with Gasteiger partial charge in [0.25, 0.3) is 0 Å². The quantitative estimate of drug-likeness (QED) is 0.858. The van der Waals surface area contributed by atoms with Crippen molar-refractivity contribution in [3.63, 3.8) is 0 Å². The second kappa shape index (κ2) is 5.87. The molecule has 18 heavy (non-hydrogen) atoms. The zero-order valence-corrected chi connectivity index (χ0v) is 10.7. The summed E-state index contributed by atoms with van der Waals surface area (Å²) in [5, 5.41) is 12.5. The highest BCUT2D eigenvalue weighted by Gasteiger charge is 2.25. The zero-order chi connectivity index (χ0) is 13.0. The van der Waals surface area contributed by atoms with Crippen molar-refractivity contribution in [2.75, 3.05) is 13.1 Å². The molecule has 0 spiro atoms. The Morgan fingerprint density at radius 1 is 1.50 bits per heavy atom. The van der Waals surface area contributed by atoms with Crippen molar-refractivity contribution >= 4 is 6.03 Å². The minimum atomic E-state index is -0.368. The summed E-state index contributed by atoms with van der Waals surface area (Å²) >= 11 is 0. The van der Waals surface area contributed by atoms with Crippen molar-refractivity contribution in [1.29, 1.82) is 0 Å². The first kappa shape index (κ1) is 12.9. The highest BCUT2D eigenvalue weighted by molar-refractivity contribution is 5.75. The van der Waals surface area contributed by atoms with Gasteiger partial charge in [-0.2, -0.15) is 0 Å². The number of nitrogens with one attached hydrogen (secondary N) is 1. The van der Waals surface area contributed by atoms with Crippen molar-refractivity contribution in [2.45, 2.75) is 31.9 Å². The normalized spacial score (nSPS) is 20.8. The molecule has 1 aliphatic rings. The number of amides is 2. The molecule has 4 nitrogen and oxygen atoms in total. The van der Waals surface area contributed by atoms with Gasteiger partial charge in [-0.05, 0) is 18.4 Å². The molecule has 0 aliphatic carbocycles. The fraction of sp³-hybridized carbons (Fsp3) is 0.500. The summed E-state index contributed by atoms with van der Waals surface area (Å²) in [6.45, 7) is 3.13. The maximum absolute atomic E-state index is 12.0. The Morgan fingerprint density at radius 3 is 2.78 bits per heavy atom. The highest BCUT2D eigenvalue weighted by atomic mass is 16.3. The lowest BCUT2D eigenvalue weighted by Gasteiger charge is -2.22. The van der Waals surface area contributed by atoms with Gasteiger partial charge in [-0.3, -0.25) is 0 Å². The first-order valence-electron chi connectivity index (χ1n) is 6.49. The van der Waals surface area contributed by atoms with E-state index in [1.54, 1.807) is 4.90 Å². The smallest absolute Gasteiger partial charge is 0.317 e. The number of benzene rings is 1. The van der Waals surface area contributed by atoms with Gasteiger partial charge in [-0.15, -0.1) is 0 Å². The van der Waals surface area contributed by atoms with Crippen molar-refractivity contribution in [2.24, 2.45) is 0 Å². The van der Waals surface area contributed by atoms with Gasteiger partial charge in [0.15, 0.2) is 0 Å².